The number of hydrogen-bond donors (Lipinski definition) is 0. The third-order valence-electron chi connectivity index (χ3n) is 5.58. The van der Waals surface area contributed by atoms with Gasteiger partial charge in [0.05, 0.1) is 0 Å². The van der Waals surface area contributed by atoms with E-state index in [1.807, 2.05) is 0 Å². The highest BCUT2D eigenvalue weighted by Gasteiger charge is 2.39. The molecule has 3 aliphatic rings. The van der Waals surface area contributed by atoms with Crippen molar-refractivity contribution in [1.82, 2.24) is 0 Å². The zero-order chi connectivity index (χ0) is 14.3. The van der Waals surface area contributed by atoms with Crippen LogP contribution in [0.15, 0.2) is 72.8 Å². The molecule has 0 heterocycles. The predicted molar refractivity (Wildman–Crippen MR) is 90.1 cm³/mol. The zero-order valence-corrected chi connectivity index (χ0v) is 12.1. The molecule has 22 heavy (non-hydrogen) atoms. The third-order valence-corrected chi connectivity index (χ3v) is 5.58. The Morgan fingerprint density at radius 1 is 0.455 bits per heavy atom. The zero-order valence-electron chi connectivity index (χ0n) is 12.1. The summed E-state index contributed by atoms with van der Waals surface area (Å²) in [5, 5.41) is 0. The van der Waals surface area contributed by atoms with E-state index < -0.39 is 0 Å². The SMILES string of the molecule is C1=C[C@H]2c3ccccc3-c3ccc4c(c32)[C@@H]1c1ccccc1-4. The molecule has 0 aliphatic heterocycles. The van der Waals surface area contributed by atoms with Crippen LogP contribution in [0.4, 0.5) is 0 Å². The first-order valence-electron chi connectivity index (χ1n) is 7.97. The van der Waals surface area contributed by atoms with E-state index in [2.05, 4.69) is 72.8 Å². The number of fused-ring (bicyclic) bond motifs is 6. The smallest absolute Gasteiger partial charge is 0.0285 e. The second-order valence-corrected chi connectivity index (χ2v) is 6.50. The summed E-state index contributed by atoms with van der Waals surface area (Å²) in [4.78, 5) is 0. The molecule has 0 fully saturated rings. The molecule has 0 heteroatoms. The topological polar surface area (TPSA) is 0 Å². The first-order chi connectivity index (χ1) is 10.9. The van der Waals surface area contributed by atoms with E-state index in [9.17, 15) is 0 Å². The molecule has 0 radical (unpaired) electrons. The molecule has 0 amide bonds. The molecule has 2 atom stereocenters. The van der Waals surface area contributed by atoms with Crippen molar-refractivity contribution in [3.8, 4) is 22.3 Å². The van der Waals surface area contributed by atoms with Crippen LogP contribution in [0, 0.1) is 0 Å². The summed E-state index contributed by atoms with van der Waals surface area (Å²) in [6.45, 7) is 0. The van der Waals surface area contributed by atoms with Crippen LogP contribution in [0.3, 0.4) is 0 Å². The average Bonchev–Trinajstić information content (AvgIpc) is 3.08. The lowest BCUT2D eigenvalue weighted by Gasteiger charge is -2.22. The Morgan fingerprint density at radius 3 is 1.41 bits per heavy atom. The van der Waals surface area contributed by atoms with Gasteiger partial charge in [0.1, 0.15) is 0 Å². The quantitative estimate of drug-likeness (QED) is 0.478. The summed E-state index contributed by atoms with van der Waals surface area (Å²) in [5.41, 5.74) is 11.8. The highest BCUT2D eigenvalue weighted by molar-refractivity contribution is 5.91. The normalized spacial score (nSPS) is 21.5. The third kappa shape index (κ3) is 1.09. The van der Waals surface area contributed by atoms with Crippen molar-refractivity contribution in [2.24, 2.45) is 0 Å². The molecular formula is C22H14. The molecule has 0 N–H and O–H groups in total. The molecule has 0 unspecified atom stereocenters. The molecular weight excluding hydrogens is 264 g/mol. The van der Waals surface area contributed by atoms with Gasteiger partial charge in [0.15, 0.2) is 0 Å². The summed E-state index contributed by atoms with van der Waals surface area (Å²) in [7, 11) is 0. The van der Waals surface area contributed by atoms with Gasteiger partial charge in [-0.25, -0.2) is 0 Å². The average molecular weight is 278 g/mol. The number of hydrogen-bond acceptors (Lipinski definition) is 0. The van der Waals surface area contributed by atoms with Crippen LogP contribution in [0.2, 0.25) is 0 Å². The molecule has 0 nitrogen and oxygen atoms in total. The molecule has 0 saturated carbocycles. The Hall–Kier alpha value is -2.60. The van der Waals surface area contributed by atoms with Gasteiger partial charge in [0.2, 0.25) is 0 Å². The van der Waals surface area contributed by atoms with Crippen LogP contribution < -0.4 is 0 Å². The number of benzene rings is 3. The van der Waals surface area contributed by atoms with Crippen LogP contribution in [0.5, 0.6) is 0 Å². The van der Waals surface area contributed by atoms with Crippen molar-refractivity contribution in [2.75, 3.05) is 0 Å². The summed E-state index contributed by atoms with van der Waals surface area (Å²) < 4.78 is 0. The minimum atomic E-state index is 0.451. The van der Waals surface area contributed by atoms with E-state index in [4.69, 9.17) is 0 Å². The van der Waals surface area contributed by atoms with E-state index in [0.29, 0.717) is 11.8 Å². The van der Waals surface area contributed by atoms with Gasteiger partial charge in [-0.1, -0.05) is 72.8 Å². The second-order valence-electron chi connectivity index (χ2n) is 6.50. The summed E-state index contributed by atoms with van der Waals surface area (Å²) >= 11 is 0. The molecule has 102 valence electrons. The van der Waals surface area contributed by atoms with Gasteiger partial charge in [-0.15, -0.1) is 0 Å². The standard InChI is InChI=1S/C22H14/c1-2-6-14-13(5-1)17-9-10-19-15-7-3-4-8-16(15)20-12-11-18(14)21(17)22(19)20/h1-12,17,19H/t17-,19-/m0/s1. The minimum absolute atomic E-state index is 0.451. The van der Waals surface area contributed by atoms with Crippen molar-refractivity contribution in [2.45, 2.75) is 11.8 Å². The molecule has 3 aromatic carbocycles. The maximum absolute atomic E-state index is 2.42. The Labute approximate surface area is 129 Å². The molecule has 0 aromatic heterocycles. The Kier molecular flexibility index (Phi) is 1.80. The summed E-state index contributed by atoms with van der Waals surface area (Å²) in [6.07, 6.45) is 4.85. The van der Waals surface area contributed by atoms with E-state index in [0.717, 1.165) is 0 Å². The second kappa shape index (κ2) is 3.59. The number of rotatable bonds is 0. The first kappa shape index (κ1) is 11.0. The Balaban J connectivity index is 1.76. The van der Waals surface area contributed by atoms with Crippen molar-refractivity contribution >= 4 is 0 Å². The van der Waals surface area contributed by atoms with Gasteiger partial charge in [-0.05, 0) is 44.5 Å². The molecule has 6 rings (SSSR count). The fourth-order valence-electron chi connectivity index (χ4n) is 4.74. The summed E-state index contributed by atoms with van der Waals surface area (Å²) in [6, 6.07) is 22.5. The van der Waals surface area contributed by atoms with E-state index >= 15 is 0 Å². The van der Waals surface area contributed by atoms with Crippen molar-refractivity contribution in [1.29, 1.82) is 0 Å². The van der Waals surface area contributed by atoms with Crippen LogP contribution in [-0.4, -0.2) is 0 Å². The van der Waals surface area contributed by atoms with E-state index in [1.54, 1.807) is 11.1 Å². The first-order valence-corrected chi connectivity index (χ1v) is 7.97. The monoisotopic (exact) mass is 278 g/mol. The summed E-state index contributed by atoms with van der Waals surface area (Å²) in [5.74, 6) is 0.901. The lowest BCUT2D eigenvalue weighted by molar-refractivity contribution is 0.930. The Morgan fingerprint density at radius 2 is 0.909 bits per heavy atom. The fraction of sp³-hybridized carbons (Fsp3) is 0.0909. The van der Waals surface area contributed by atoms with Crippen molar-refractivity contribution < 1.29 is 0 Å². The fourth-order valence-corrected chi connectivity index (χ4v) is 4.74. The molecule has 0 saturated heterocycles. The predicted octanol–water partition coefficient (Wildman–Crippen LogP) is 5.48. The maximum atomic E-state index is 2.42. The van der Waals surface area contributed by atoms with E-state index in [-0.39, 0.29) is 0 Å². The van der Waals surface area contributed by atoms with Crippen molar-refractivity contribution in [3.05, 3.63) is 95.1 Å². The lowest BCUT2D eigenvalue weighted by Crippen LogP contribution is -2.06. The van der Waals surface area contributed by atoms with Gasteiger partial charge in [0.25, 0.3) is 0 Å². The molecule has 3 aromatic rings. The van der Waals surface area contributed by atoms with Crippen molar-refractivity contribution in [3.63, 3.8) is 0 Å². The van der Waals surface area contributed by atoms with Gasteiger partial charge < -0.3 is 0 Å². The van der Waals surface area contributed by atoms with Gasteiger partial charge in [-0.2, -0.15) is 0 Å². The highest BCUT2D eigenvalue weighted by atomic mass is 14.4. The molecule has 0 spiro atoms. The van der Waals surface area contributed by atoms with Crippen LogP contribution in [-0.2, 0) is 0 Å². The Bertz CT molecular complexity index is 910. The van der Waals surface area contributed by atoms with Gasteiger partial charge in [-0.3, -0.25) is 0 Å². The maximum Gasteiger partial charge on any atom is 0.0285 e. The largest absolute Gasteiger partial charge is 0.0757 e. The lowest BCUT2D eigenvalue weighted by atomic mass is 9.81. The van der Waals surface area contributed by atoms with E-state index in [1.165, 1.54) is 33.4 Å². The van der Waals surface area contributed by atoms with Gasteiger partial charge in [0, 0.05) is 11.8 Å². The highest BCUT2D eigenvalue weighted by Crippen LogP contribution is 2.58. The van der Waals surface area contributed by atoms with Crippen LogP contribution in [0.25, 0.3) is 22.3 Å². The van der Waals surface area contributed by atoms with Crippen LogP contribution >= 0.6 is 0 Å². The minimum Gasteiger partial charge on any atom is -0.0757 e. The van der Waals surface area contributed by atoms with Crippen LogP contribution in [0.1, 0.15) is 34.1 Å². The molecule has 3 aliphatic carbocycles. The molecule has 0 bridgehead atoms. The van der Waals surface area contributed by atoms with Gasteiger partial charge >= 0.3 is 0 Å². The number of allylic oxidation sites excluding steroid dienone is 2.